The summed E-state index contributed by atoms with van der Waals surface area (Å²) in [6, 6.07) is 16.3. The molecule has 0 aliphatic heterocycles. The molecule has 4 nitrogen and oxygen atoms in total. The van der Waals surface area contributed by atoms with Gasteiger partial charge < -0.3 is 19.7 Å². The number of halogens is 2. The summed E-state index contributed by atoms with van der Waals surface area (Å²) in [4.78, 5) is 2.41. The monoisotopic (exact) mass is 414 g/mol. The van der Waals surface area contributed by atoms with E-state index >= 15 is 0 Å². The molecule has 0 heterocycles. The molecular formula is C21H32Cl2N2O2. The van der Waals surface area contributed by atoms with E-state index in [1.165, 1.54) is 5.56 Å². The summed E-state index contributed by atoms with van der Waals surface area (Å²) in [7, 11) is 1.68. The molecule has 0 bridgehead atoms. The largest absolute Gasteiger partial charge is 0.493 e. The lowest BCUT2D eigenvalue weighted by atomic mass is 10.2. The van der Waals surface area contributed by atoms with E-state index in [-0.39, 0.29) is 24.8 Å². The van der Waals surface area contributed by atoms with E-state index in [4.69, 9.17) is 9.47 Å². The van der Waals surface area contributed by atoms with Crippen molar-refractivity contribution in [3.8, 4) is 11.5 Å². The van der Waals surface area contributed by atoms with Crippen molar-refractivity contribution in [1.29, 1.82) is 0 Å². The van der Waals surface area contributed by atoms with Crippen LogP contribution in [0.4, 0.5) is 0 Å². The van der Waals surface area contributed by atoms with Crippen LogP contribution in [-0.2, 0) is 13.2 Å². The first kappa shape index (κ1) is 25.5. The SMILES string of the molecule is CCN(CC)CCNCc1ccc(OCc2ccccc2)c(OC)c1.Cl.Cl. The van der Waals surface area contributed by atoms with Crippen molar-refractivity contribution in [2.24, 2.45) is 0 Å². The van der Waals surface area contributed by atoms with Gasteiger partial charge in [-0.2, -0.15) is 0 Å². The van der Waals surface area contributed by atoms with Gasteiger partial charge >= 0.3 is 0 Å². The van der Waals surface area contributed by atoms with Crippen molar-refractivity contribution >= 4 is 24.8 Å². The van der Waals surface area contributed by atoms with Crippen LogP contribution >= 0.6 is 24.8 Å². The number of methoxy groups -OCH3 is 1. The number of rotatable bonds is 11. The van der Waals surface area contributed by atoms with Crippen molar-refractivity contribution in [3.63, 3.8) is 0 Å². The van der Waals surface area contributed by atoms with E-state index in [0.717, 1.165) is 49.8 Å². The molecule has 0 spiro atoms. The smallest absolute Gasteiger partial charge is 0.161 e. The van der Waals surface area contributed by atoms with Crippen LogP contribution in [0, 0.1) is 0 Å². The number of hydrogen-bond donors (Lipinski definition) is 1. The second kappa shape index (κ2) is 14.6. The van der Waals surface area contributed by atoms with Gasteiger partial charge in [0.15, 0.2) is 11.5 Å². The predicted octanol–water partition coefficient (Wildman–Crippen LogP) is 4.55. The maximum absolute atomic E-state index is 5.90. The van der Waals surface area contributed by atoms with Crippen LogP contribution < -0.4 is 14.8 Å². The average Bonchev–Trinajstić information content (AvgIpc) is 2.67. The summed E-state index contributed by atoms with van der Waals surface area (Å²) in [5.74, 6) is 1.55. The Hall–Kier alpha value is -1.46. The number of benzene rings is 2. The van der Waals surface area contributed by atoms with Gasteiger partial charge in [-0.05, 0) is 36.3 Å². The number of nitrogens with zero attached hydrogens (tertiary/aromatic N) is 1. The zero-order valence-corrected chi connectivity index (χ0v) is 18.1. The molecular weight excluding hydrogens is 383 g/mol. The Morgan fingerprint density at radius 3 is 2.22 bits per heavy atom. The van der Waals surface area contributed by atoms with Gasteiger partial charge in [0, 0.05) is 19.6 Å². The summed E-state index contributed by atoms with van der Waals surface area (Å²) < 4.78 is 11.4. The molecule has 2 aromatic rings. The number of hydrogen-bond acceptors (Lipinski definition) is 4. The summed E-state index contributed by atoms with van der Waals surface area (Å²) in [5.41, 5.74) is 2.34. The molecule has 152 valence electrons. The van der Waals surface area contributed by atoms with Crippen LogP contribution in [0.2, 0.25) is 0 Å². The summed E-state index contributed by atoms with van der Waals surface area (Å²) in [5, 5.41) is 3.49. The van der Waals surface area contributed by atoms with Gasteiger partial charge in [0.25, 0.3) is 0 Å². The van der Waals surface area contributed by atoms with E-state index < -0.39 is 0 Å². The summed E-state index contributed by atoms with van der Waals surface area (Å²) in [6.45, 7) is 10.0. The third kappa shape index (κ3) is 8.85. The number of nitrogens with one attached hydrogen (secondary N) is 1. The van der Waals surface area contributed by atoms with Crippen molar-refractivity contribution in [2.45, 2.75) is 27.0 Å². The first-order chi connectivity index (χ1) is 12.3. The first-order valence-electron chi connectivity index (χ1n) is 9.03. The van der Waals surface area contributed by atoms with Crippen molar-refractivity contribution in [2.75, 3.05) is 33.3 Å². The van der Waals surface area contributed by atoms with E-state index in [0.29, 0.717) is 6.61 Å². The molecule has 0 saturated carbocycles. The minimum Gasteiger partial charge on any atom is -0.493 e. The van der Waals surface area contributed by atoms with Crippen LogP contribution in [0.15, 0.2) is 48.5 Å². The highest BCUT2D eigenvalue weighted by Gasteiger charge is 2.06. The molecule has 0 aromatic heterocycles. The molecule has 2 rings (SSSR count). The Morgan fingerprint density at radius 1 is 0.889 bits per heavy atom. The van der Waals surface area contributed by atoms with E-state index in [9.17, 15) is 0 Å². The van der Waals surface area contributed by atoms with Crippen LogP contribution in [0.5, 0.6) is 11.5 Å². The topological polar surface area (TPSA) is 33.7 Å². The van der Waals surface area contributed by atoms with Gasteiger partial charge in [-0.15, -0.1) is 24.8 Å². The van der Waals surface area contributed by atoms with E-state index in [1.807, 2.05) is 30.3 Å². The van der Waals surface area contributed by atoms with E-state index in [2.05, 4.69) is 42.3 Å². The standard InChI is InChI=1S/C21H30N2O2.2ClH/c1-4-23(5-2)14-13-22-16-19-11-12-20(21(15-19)24-3)25-17-18-9-7-6-8-10-18;;/h6-12,15,22H,4-5,13-14,16-17H2,1-3H3;2*1H. The molecule has 0 atom stereocenters. The van der Waals surface area contributed by atoms with Gasteiger partial charge in [0.1, 0.15) is 6.61 Å². The molecule has 0 saturated heterocycles. The lowest BCUT2D eigenvalue weighted by Crippen LogP contribution is -2.31. The predicted molar refractivity (Wildman–Crippen MR) is 118 cm³/mol. The average molecular weight is 415 g/mol. The minimum absolute atomic E-state index is 0. The lowest BCUT2D eigenvalue weighted by molar-refractivity contribution is 0.284. The summed E-state index contributed by atoms with van der Waals surface area (Å²) >= 11 is 0. The second-order valence-electron chi connectivity index (χ2n) is 5.96. The van der Waals surface area contributed by atoms with Crippen molar-refractivity contribution < 1.29 is 9.47 Å². The Bertz CT molecular complexity index is 623. The third-order valence-electron chi connectivity index (χ3n) is 4.29. The molecule has 6 heteroatoms. The zero-order valence-electron chi connectivity index (χ0n) is 16.4. The van der Waals surface area contributed by atoms with Gasteiger partial charge in [0.05, 0.1) is 7.11 Å². The van der Waals surface area contributed by atoms with Crippen molar-refractivity contribution in [3.05, 3.63) is 59.7 Å². The highest BCUT2D eigenvalue weighted by Crippen LogP contribution is 2.28. The number of likely N-dealkylation sites (N-methyl/N-ethyl adjacent to an activating group) is 1. The Labute approximate surface area is 176 Å². The van der Waals surface area contributed by atoms with Crippen LogP contribution in [0.25, 0.3) is 0 Å². The zero-order chi connectivity index (χ0) is 17.9. The third-order valence-corrected chi connectivity index (χ3v) is 4.29. The molecule has 0 amide bonds. The fraction of sp³-hybridized carbons (Fsp3) is 0.429. The molecule has 27 heavy (non-hydrogen) atoms. The summed E-state index contributed by atoms with van der Waals surface area (Å²) in [6.07, 6.45) is 0. The Kier molecular flexibility index (Phi) is 13.8. The van der Waals surface area contributed by atoms with Gasteiger partial charge in [-0.1, -0.05) is 50.2 Å². The molecule has 0 aliphatic rings. The van der Waals surface area contributed by atoms with Crippen LogP contribution in [0.1, 0.15) is 25.0 Å². The maximum Gasteiger partial charge on any atom is 0.161 e. The molecule has 1 N–H and O–H groups in total. The highest BCUT2D eigenvalue weighted by atomic mass is 35.5. The fourth-order valence-corrected chi connectivity index (χ4v) is 2.69. The van der Waals surface area contributed by atoms with Crippen LogP contribution in [0.3, 0.4) is 0 Å². The Balaban J connectivity index is 0.00000338. The number of ether oxygens (including phenoxy) is 2. The van der Waals surface area contributed by atoms with Crippen LogP contribution in [-0.4, -0.2) is 38.2 Å². The van der Waals surface area contributed by atoms with Gasteiger partial charge in [-0.3, -0.25) is 0 Å². The maximum atomic E-state index is 5.90. The van der Waals surface area contributed by atoms with E-state index in [1.54, 1.807) is 7.11 Å². The minimum atomic E-state index is 0. The normalized spacial score (nSPS) is 10.1. The molecule has 2 aromatic carbocycles. The lowest BCUT2D eigenvalue weighted by Gasteiger charge is -2.18. The quantitative estimate of drug-likeness (QED) is 0.546. The first-order valence-corrected chi connectivity index (χ1v) is 9.03. The second-order valence-corrected chi connectivity index (χ2v) is 5.96. The fourth-order valence-electron chi connectivity index (χ4n) is 2.69. The Morgan fingerprint density at radius 2 is 1.59 bits per heavy atom. The molecule has 0 unspecified atom stereocenters. The molecule has 0 radical (unpaired) electrons. The van der Waals surface area contributed by atoms with Gasteiger partial charge in [0.2, 0.25) is 0 Å². The molecule has 0 aliphatic carbocycles. The van der Waals surface area contributed by atoms with Gasteiger partial charge in [-0.25, -0.2) is 0 Å². The highest BCUT2D eigenvalue weighted by molar-refractivity contribution is 5.85. The van der Waals surface area contributed by atoms with Crippen molar-refractivity contribution in [1.82, 2.24) is 10.2 Å². The molecule has 0 fully saturated rings.